The number of amides is 2. The number of fused-ring (bicyclic) bond motifs is 1. The summed E-state index contributed by atoms with van der Waals surface area (Å²) in [7, 11) is 1.83. The van der Waals surface area contributed by atoms with E-state index in [1.54, 1.807) is 4.90 Å². The Hall–Kier alpha value is -3.80. The number of benzene rings is 3. The number of carbonyl (C=O) groups excluding carboxylic acids is 2. The van der Waals surface area contributed by atoms with Gasteiger partial charge in [0.15, 0.2) is 11.5 Å². The van der Waals surface area contributed by atoms with Crippen LogP contribution in [0.5, 0.6) is 11.5 Å². The molecule has 6 heteroatoms. The van der Waals surface area contributed by atoms with Crippen LogP contribution in [-0.4, -0.2) is 37.1 Å². The third-order valence-electron chi connectivity index (χ3n) is 6.95. The summed E-state index contributed by atoms with van der Waals surface area (Å²) in [6.45, 7) is 5.05. The first-order chi connectivity index (χ1) is 16.9. The van der Waals surface area contributed by atoms with E-state index in [0.29, 0.717) is 11.3 Å². The molecule has 1 fully saturated rings. The maximum absolute atomic E-state index is 13.3. The molecule has 0 bridgehead atoms. The minimum atomic E-state index is -0.529. The summed E-state index contributed by atoms with van der Waals surface area (Å²) in [6.07, 6.45) is 2.53. The van der Waals surface area contributed by atoms with E-state index in [1.807, 2.05) is 74.6 Å². The van der Waals surface area contributed by atoms with Crippen LogP contribution in [-0.2, 0) is 10.2 Å². The molecule has 0 saturated heterocycles. The van der Waals surface area contributed by atoms with E-state index in [9.17, 15) is 9.59 Å². The fraction of sp³-hybridized carbons (Fsp3) is 0.310. The molecule has 2 amide bonds. The summed E-state index contributed by atoms with van der Waals surface area (Å²) in [5.41, 5.74) is 4.99. The van der Waals surface area contributed by atoms with Gasteiger partial charge in [0.2, 0.25) is 12.7 Å². The van der Waals surface area contributed by atoms with Crippen molar-refractivity contribution in [2.45, 2.75) is 38.5 Å². The number of ether oxygens (including phenoxy) is 2. The average molecular weight is 473 g/mol. The van der Waals surface area contributed by atoms with Gasteiger partial charge >= 0.3 is 0 Å². The van der Waals surface area contributed by atoms with Crippen LogP contribution < -0.4 is 14.8 Å². The van der Waals surface area contributed by atoms with Crippen molar-refractivity contribution in [3.05, 3.63) is 77.4 Å². The Balaban J connectivity index is 0.00000304. The molecule has 0 spiro atoms. The Morgan fingerprint density at radius 2 is 1.74 bits per heavy atom. The van der Waals surface area contributed by atoms with Gasteiger partial charge in [-0.05, 0) is 84.8 Å². The van der Waals surface area contributed by atoms with E-state index in [1.165, 1.54) is 0 Å². The quantitative estimate of drug-likeness (QED) is 0.473. The van der Waals surface area contributed by atoms with Gasteiger partial charge in [-0.25, -0.2) is 0 Å². The second-order valence-corrected chi connectivity index (χ2v) is 9.44. The number of aryl methyl sites for hydroxylation is 1. The third-order valence-corrected chi connectivity index (χ3v) is 6.95. The molecular weight excluding hydrogens is 440 g/mol. The molecule has 1 N–H and O–H groups in total. The Bertz CT molecular complexity index is 1280. The molecule has 35 heavy (non-hydrogen) atoms. The summed E-state index contributed by atoms with van der Waals surface area (Å²) >= 11 is 0. The summed E-state index contributed by atoms with van der Waals surface area (Å²) < 4.78 is 10.9. The van der Waals surface area contributed by atoms with E-state index >= 15 is 0 Å². The number of anilines is 1. The molecule has 1 aliphatic carbocycles. The summed E-state index contributed by atoms with van der Waals surface area (Å²) in [4.78, 5) is 27.6. The van der Waals surface area contributed by atoms with Crippen LogP contribution in [0.25, 0.3) is 11.1 Å². The maximum Gasteiger partial charge on any atom is 0.253 e. The van der Waals surface area contributed by atoms with Gasteiger partial charge in [0.1, 0.15) is 0 Å². The Labute approximate surface area is 207 Å². The van der Waals surface area contributed by atoms with Gasteiger partial charge in [0.05, 0.1) is 5.41 Å². The number of nitrogens with one attached hydrogen (secondary N) is 1. The van der Waals surface area contributed by atoms with Gasteiger partial charge in [-0.15, -0.1) is 0 Å². The van der Waals surface area contributed by atoms with E-state index in [4.69, 9.17) is 9.47 Å². The number of hydrogen-bond acceptors (Lipinski definition) is 4. The minimum absolute atomic E-state index is 0. The van der Waals surface area contributed by atoms with Crippen LogP contribution in [0.4, 0.5) is 5.69 Å². The van der Waals surface area contributed by atoms with Gasteiger partial charge in [0.25, 0.3) is 5.91 Å². The van der Waals surface area contributed by atoms with Crippen molar-refractivity contribution in [2.75, 3.05) is 25.7 Å². The molecule has 1 saturated carbocycles. The highest BCUT2D eigenvalue weighted by atomic mass is 16.7. The number of hydrogen-bond donors (Lipinski definition) is 1. The van der Waals surface area contributed by atoms with E-state index in [-0.39, 0.29) is 20.0 Å². The third kappa shape index (κ3) is 4.36. The zero-order valence-corrected chi connectivity index (χ0v) is 20.4. The first kappa shape index (κ1) is 23.0. The lowest BCUT2D eigenvalue weighted by molar-refractivity contribution is -0.118. The first-order valence-electron chi connectivity index (χ1n) is 12.1. The topological polar surface area (TPSA) is 67.9 Å². The lowest BCUT2D eigenvalue weighted by Gasteiger charge is -2.18. The molecule has 0 unspecified atom stereocenters. The largest absolute Gasteiger partial charge is 0.454 e. The molecule has 3 aromatic carbocycles. The normalized spacial score (nSPS) is 14.9. The molecule has 6 nitrogen and oxygen atoms in total. The highest BCUT2D eigenvalue weighted by Gasteiger charge is 2.51. The molecule has 5 rings (SSSR count). The highest BCUT2D eigenvalue weighted by Crippen LogP contribution is 2.51. The van der Waals surface area contributed by atoms with Crippen molar-refractivity contribution in [2.24, 2.45) is 0 Å². The first-order valence-corrected chi connectivity index (χ1v) is 12.1. The van der Waals surface area contributed by atoms with E-state index in [2.05, 4.69) is 12.2 Å². The fourth-order valence-electron chi connectivity index (χ4n) is 4.68. The van der Waals surface area contributed by atoms with Gasteiger partial charge in [-0.1, -0.05) is 31.2 Å². The number of carbonyl (C=O) groups is 2. The SMILES string of the molecule is CCCN(C)C(=O)c1ccc(-c2cc(NC(=O)C3(c4ccc5c(c4)OCO5)CC3)ccc2C)cc1.[HH]. The summed E-state index contributed by atoms with van der Waals surface area (Å²) in [6, 6.07) is 19.4. The van der Waals surface area contributed by atoms with Crippen LogP contribution in [0.15, 0.2) is 60.7 Å². The molecule has 0 aromatic heterocycles. The highest BCUT2D eigenvalue weighted by molar-refractivity contribution is 6.02. The Morgan fingerprint density at radius 3 is 2.46 bits per heavy atom. The lowest BCUT2D eigenvalue weighted by Crippen LogP contribution is -2.27. The molecule has 2 aliphatic rings. The smallest absolute Gasteiger partial charge is 0.253 e. The zero-order valence-electron chi connectivity index (χ0n) is 20.4. The van der Waals surface area contributed by atoms with Gasteiger partial charge < -0.3 is 19.7 Å². The second-order valence-electron chi connectivity index (χ2n) is 9.44. The van der Waals surface area contributed by atoms with Crippen molar-refractivity contribution in [1.29, 1.82) is 0 Å². The van der Waals surface area contributed by atoms with E-state index in [0.717, 1.165) is 59.5 Å². The van der Waals surface area contributed by atoms with Crippen molar-refractivity contribution < 1.29 is 20.5 Å². The van der Waals surface area contributed by atoms with Crippen LogP contribution >= 0.6 is 0 Å². The van der Waals surface area contributed by atoms with Crippen LogP contribution in [0.1, 0.15) is 49.1 Å². The molecule has 182 valence electrons. The Kier molecular flexibility index (Phi) is 5.97. The molecule has 0 atom stereocenters. The summed E-state index contributed by atoms with van der Waals surface area (Å²) in [5, 5.41) is 3.14. The van der Waals surface area contributed by atoms with Crippen molar-refractivity contribution in [3.63, 3.8) is 0 Å². The fourth-order valence-corrected chi connectivity index (χ4v) is 4.68. The van der Waals surface area contributed by atoms with Gasteiger partial charge in [-0.2, -0.15) is 0 Å². The average Bonchev–Trinajstić information content (AvgIpc) is 3.55. The molecule has 1 aliphatic heterocycles. The standard InChI is InChI=1S/C29H30N2O4.H2/c1-4-15-31(3)27(32)21-8-6-20(7-9-21)24-17-23(11-5-19(24)2)30-28(33)29(13-14-29)22-10-12-25-26(16-22)35-18-34-25;/h5-12,16-17H,4,13-15,18H2,1-3H3,(H,30,33);1H. The lowest BCUT2D eigenvalue weighted by atomic mass is 9.94. The van der Waals surface area contributed by atoms with Crippen LogP contribution in [0.3, 0.4) is 0 Å². The monoisotopic (exact) mass is 472 g/mol. The van der Waals surface area contributed by atoms with Crippen molar-refractivity contribution in [1.82, 2.24) is 4.90 Å². The molecule has 1 heterocycles. The van der Waals surface area contributed by atoms with Crippen molar-refractivity contribution >= 4 is 17.5 Å². The second kappa shape index (κ2) is 9.10. The predicted octanol–water partition coefficient (Wildman–Crippen LogP) is 5.79. The van der Waals surface area contributed by atoms with Gasteiger partial charge in [-0.3, -0.25) is 9.59 Å². The van der Waals surface area contributed by atoms with Gasteiger partial charge in [0, 0.05) is 26.3 Å². The van der Waals surface area contributed by atoms with Crippen LogP contribution in [0.2, 0.25) is 0 Å². The van der Waals surface area contributed by atoms with Crippen LogP contribution in [0, 0.1) is 6.92 Å². The number of rotatable bonds is 7. The predicted molar refractivity (Wildman–Crippen MR) is 138 cm³/mol. The summed E-state index contributed by atoms with van der Waals surface area (Å²) in [5.74, 6) is 1.43. The zero-order chi connectivity index (χ0) is 24.6. The maximum atomic E-state index is 13.3. The molecular formula is C29H32N2O4. The Morgan fingerprint density at radius 1 is 1.00 bits per heavy atom. The molecule has 0 radical (unpaired) electrons. The molecule has 3 aromatic rings. The number of nitrogens with zero attached hydrogens (tertiary/aromatic N) is 1. The minimum Gasteiger partial charge on any atom is -0.454 e. The van der Waals surface area contributed by atoms with Crippen molar-refractivity contribution in [3.8, 4) is 22.6 Å². The van der Waals surface area contributed by atoms with E-state index < -0.39 is 5.41 Å².